The van der Waals surface area contributed by atoms with E-state index in [0.717, 1.165) is 25.2 Å². The third-order valence-corrected chi connectivity index (χ3v) is 9.15. The molecule has 2 aliphatic rings. The molecule has 1 unspecified atom stereocenters. The van der Waals surface area contributed by atoms with Crippen LogP contribution in [0.15, 0.2) is 53.4 Å². The number of nitrogens with zero attached hydrogens (tertiary/aromatic N) is 2. The van der Waals surface area contributed by atoms with Crippen molar-refractivity contribution in [2.24, 2.45) is 5.92 Å². The van der Waals surface area contributed by atoms with Crippen molar-refractivity contribution >= 4 is 21.8 Å². The van der Waals surface area contributed by atoms with E-state index >= 15 is 0 Å². The van der Waals surface area contributed by atoms with Crippen LogP contribution in [0.2, 0.25) is 0 Å². The third kappa shape index (κ3) is 7.06. The summed E-state index contributed by atoms with van der Waals surface area (Å²) in [5.74, 6) is 0.227. The van der Waals surface area contributed by atoms with E-state index in [9.17, 15) is 18.0 Å². The lowest BCUT2D eigenvalue weighted by Crippen LogP contribution is -2.39. The second-order valence-corrected chi connectivity index (χ2v) is 12.3. The van der Waals surface area contributed by atoms with Crippen molar-refractivity contribution in [3.63, 3.8) is 0 Å². The lowest BCUT2D eigenvalue weighted by atomic mass is 9.89. The van der Waals surface area contributed by atoms with Gasteiger partial charge in [0.2, 0.25) is 10.0 Å². The highest BCUT2D eigenvalue weighted by molar-refractivity contribution is 7.89. The zero-order valence-electron chi connectivity index (χ0n) is 22.0. The van der Waals surface area contributed by atoms with Crippen molar-refractivity contribution in [2.45, 2.75) is 69.7 Å². The van der Waals surface area contributed by atoms with Crippen LogP contribution < -0.4 is 4.72 Å². The van der Waals surface area contributed by atoms with E-state index in [1.54, 1.807) is 48.5 Å². The highest BCUT2D eigenvalue weighted by Gasteiger charge is 2.34. The third-order valence-electron chi connectivity index (χ3n) is 7.54. The Labute approximate surface area is 221 Å². The van der Waals surface area contributed by atoms with Crippen LogP contribution in [-0.4, -0.2) is 62.3 Å². The molecule has 8 heteroatoms. The molecule has 4 rings (SSSR count). The van der Waals surface area contributed by atoms with Gasteiger partial charge in [-0.1, -0.05) is 49.1 Å². The lowest BCUT2D eigenvalue weighted by Gasteiger charge is -2.31. The molecular weight excluding hydrogens is 486 g/mol. The summed E-state index contributed by atoms with van der Waals surface area (Å²) in [4.78, 5) is 29.5. The quantitative estimate of drug-likeness (QED) is 0.409. The predicted molar refractivity (Wildman–Crippen MR) is 145 cm³/mol. The summed E-state index contributed by atoms with van der Waals surface area (Å²) < 4.78 is 28.4. The smallest absolute Gasteiger partial charge is 0.261 e. The number of rotatable bonds is 12. The van der Waals surface area contributed by atoms with Crippen molar-refractivity contribution in [1.82, 2.24) is 14.5 Å². The summed E-state index contributed by atoms with van der Waals surface area (Å²) in [5, 5.41) is 0. The minimum Gasteiger partial charge on any atom is -0.303 e. The fourth-order valence-electron chi connectivity index (χ4n) is 5.41. The SMILES string of the molecule is Cc1ccc(S(=O)(=O)NC(C)CCN(CCCN2C(=O)c3ccccc3C2=O)CC2CCCCC2)cc1. The summed E-state index contributed by atoms with van der Waals surface area (Å²) >= 11 is 0. The summed E-state index contributed by atoms with van der Waals surface area (Å²) in [6.45, 7) is 6.73. The second kappa shape index (κ2) is 12.3. The molecule has 7 nitrogen and oxygen atoms in total. The van der Waals surface area contributed by atoms with E-state index in [1.807, 2.05) is 13.8 Å². The van der Waals surface area contributed by atoms with Crippen LogP contribution in [0.25, 0.3) is 0 Å². The Morgan fingerprint density at radius 1 is 0.946 bits per heavy atom. The van der Waals surface area contributed by atoms with Crippen molar-refractivity contribution in [3.05, 3.63) is 65.2 Å². The van der Waals surface area contributed by atoms with Gasteiger partial charge in [0, 0.05) is 19.1 Å². The normalized spacial score (nSPS) is 17.4. The largest absolute Gasteiger partial charge is 0.303 e. The Morgan fingerprint density at radius 3 is 2.19 bits per heavy atom. The molecule has 0 bridgehead atoms. The van der Waals surface area contributed by atoms with Gasteiger partial charge < -0.3 is 4.90 Å². The molecule has 1 aliphatic heterocycles. The minimum absolute atomic E-state index is 0.210. The Hall–Kier alpha value is -2.55. The van der Waals surface area contributed by atoms with E-state index in [-0.39, 0.29) is 22.8 Å². The number of fused-ring (bicyclic) bond motifs is 1. The van der Waals surface area contributed by atoms with Gasteiger partial charge in [-0.15, -0.1) is 0 Å². The first-order chi connectivity index (χ1) is 17.7. The highest BCUT2D eigenvalue weighted by Crippen LogP contribution is 2.25. The maximum atomic E-state index is 12.8. The van der Waals surface area contributed by atoms with E-state index < -0.39 is 10.0 Å². The second-order valence-electron chi connectivity index (χ2n) is 10.6. The fraction of sp³-hybridized carbons (Fsp3) is 0.517. The van der Waals surface area contributed by atoms with Gasteiger partial charge in [0.1, 0.15) is 0 Å². The first kappa shape index (κ1) is 27.5. The topological polar surface area (TPSA) is 86.8 Å². The van der Waals surface area contributed by atoms with E-state index in [1.165, 1.54) is 37.0 Å². The molecule has 2 aromatic carbocycles. The van der Waals surface area contributed by atoms with Crippen LogP contribution in [-0.2, 0) is 10.0 Å². The maximum absolute atomic E-state index is 12.8. The van der Waals surface area contributed by atoms with E-state index in [4.69, 9.17) is 0 Å². The number of amides is 2. The summed E-state index contributed by atoms with van der Waals surface area (Å²) in [6.07, 6.45) is 7.66. The highest BCUT2D eigenvalue weighted by atomic mass is 32.2. The summed E-state index contributed by atoms with van der Waals surface area (Å²) in [6, 6.07) is 13.7. The molecule has 1 saturated carbocycles. The number of nitrogens with one attached hydrogen (secondary N) is 1. The molecule has 1 heterocycles. The molecule has 0 aromatic heterocycles. The average molecular weight is 526 g/mol. The molecule has 0 radical (unpaired) electrons. The van der Waals surface area contributed by atoms with Gasteiger partial charge in [-0.05, 0) is 82.8 Å². The molecule has 2 aromatic rings. The maximum Gasteiger partial charge on any atom is 0.261 e. The molecule has 37 heavy (non-hydrogen) atoms. The van der Waals surface area contributed by atoms with Gasteiger partial charge in [0.15, 0.2) is 0 Å². The van der Waals surface area contributed by atoms with E-state index in [0.29, 0.717) is 36.4 Å². The lowest BCUT2D eigenvalue weighted by molar-refractivity contribution is 0.0645. The summed E-state index contributed by atoms with van der Waals surface area (Å²) in [7, 11) is -3.57. The number of aryl methyl sites for hydroxylation is 1. The van der Waals surface area contributed by atoms with Gasteiger partial charge >= 0.3 is 0 Å². The van der Waals surface area contributed by atoms with Crippen molar-refractivity contribution in [2.75, 3.05) is 26.2 Å². The van der Waals surface area contributed by atoms with Crippen molar-refractivity contribution < 1.29 is 18.0 Å². The standard InChI is InChI=1S/C29H39N3O4S/c1-22-13-15-25(16-14-22)37(35,36)30-23(2)17-20-31(21-24-9-4-3-5-10-24)18-8-19-32-28(33)26-11-6-7-12-27(26)29(32)34/h6-7,11-16,23-24,30H,3-5,8-10,17-21H2,1-2H3. The number of hydrogen-bond donors (Lipinski definition) is 1. The van der Waals surface area contributed by atoms with Crippen LogP contribution in [0.5, 0.6) is 0 Å². The predicted octanol–water partition coefficient (Wildman–Crippen LogP) is 4.62. The van der Waals surface area contributed by atoms with Gasteiger partial charge in [0.05, 0.1) is 16.0 Å². The molecule has 1 N–H and O–H groups in total. The number of sulfonamides is 1. The molecule has 1 fully saturated rings. The van der Waals surface area contributed by atoms with Crippen LogP contribution >= 0.6 is 0 Å². The first-order valence-corrected chi connectivity index (χ1v) is 15.0. The minimum atomic E-state index is -3.57. The zero-order chi connectivity index (χ0) is 26.4. The fourth-order valence-corrected chi connectivity index (χ4v) is 6.69. The molecule has 0 saturated heterocycles. The Kier molecular flexibility index (Phi) is 9.16. The molecular formula is C29H39N3O4S. The Bertz CT molecular complexity index is 1150. The molecule has 2 amide bonds. The van der Waals surface area contributed by atoms with Gasteiger partial charge in [-0.2, -0.15) is 0 Å². The van der Waals surface area contributed by atoms with Gasteiger partial charge in [-0.25, -0.2) is 13.1 Å². The first-order valence-electron chi connectivity index (χ1n) is 13.5. The van der Waals surface area contributed by atoms with Gasteiger partial charge in [0.25, 0.3) is 11.8 Å². The average Bonchev–Trinajstić information content (AvgIpc) is 3.13. The van der Waals surface area contributed by atoms with Crippen LogP contribution in [0.1, 0.15) is 78.1 Å². The van der Waals surface area contributed by atoms with Crippen LogP contribution in [0.4, 0.5) is 0 Å². The molecule has 200 valence electrons. The van der Waals surface area contributed by atoms with Crippen LogP contribution in [0.3, 0.4) is 0 Å². The van der Waals surface area contributed by atoms with Crippen molar-refractivity contribution in [3.8, 4) is 0 Å². The monoisotopic (exact) mass is 525 g/mol. The van der Waals surface area contributed by atoms with Crippen molar-refractivity contribution in [1.29, 1.82) is 0 Å². The molecule has 1 atom stereocenters. The number of imide groups is 1. The number of carbonyl (C=O) groups is 2. The Morgan fingerprint density at radius 2 is 1.57 bits per heavy atom. The zero-order valence-corrected chi connectivity index (χ0v) is 22.8. The van der Waals surface area contributed by atoms with Crippen LogP contribution in [0, 0.1) is 12.8 Å². The summed E-state index contributed by atoms with van der Waals surface area (Å²) in [5.41, 5.74) is 1.99. The number of hydrogen-bond acceptors (Lipinski definition) is 5. The molecule has 1 aliphatic carbocycles. The van der Waals surface area contributed by atoms with Gasteiger partial charge in [-0.3, -0.25) is 14.5 Å². The number of benzene rings is 2. The number of carbonyl (C=O) groups excluding carboxylic acids is 2. The van der Waals surface area contributed by atoms with E-state index in [2.05, 4.69) is 9.62 Å². The molecule has 0 spiro atoms. The Balaban J connectivity index is 1.32.